The summed E-state index contributed by atoms with van der Waals surface area (Å²) in [6.07, 6.45) is 1.68. The summed E-state index contributed by atoms with van der Waals surface area (Å²) in [6.45, 7) is 2.98. The number of nitrogens with two attached hydrogens (primary N) is 1. The molecule has 2 aromatic rings. The quantitative estimate of drug-likeness (QED) is 0.615. The van der Waals surface area contributed by atoms with Crippen LogP contribution in [0.25, 0.3) is 0 Å². The second-order valence-corrected chi connectivity index (χ2v) is 3.86. The number of para-hydroxylation sites is 2. The van der Waals surface area contributed by atoms with E-state index in [0.29, 0.717) is 19.0 Å². The van der Waals surface area contributed by atoms with E-state index in [1.165, 1.54) is 0 Å². The van der Waals surface area contributed by atoms with Crippen LogP contribution in [-0.2, 0) is 6.61 Å². The van der Waals surface area contributed by atoms with Crippen molar-refractivity contribution in [3.05, 3.63) is 48.2 Å². The monoisotopic (exact) mass is 259 g/mol. The Labute approximate surface area is 112 Å². The zero-order valence-electron chi connectivity index (χ0n) is 10.8. The number of benzene rings is 1. The molecule has 0 amide bonds. The van der Waals surface area contributed by atoms with Crippen LogP contribution in [0.1, 0.15) is 12.5 Å². The Kier molecular flexibility index (Phi) is 4.58. The number of anilines is 1. The molecule has 0 aliphatic rings. The predicted molar refractivity (Wildman–Crippen MR) is 74.0 cm³/mol. The van der Waals surface area contributed by atoms with Crippen molar-refractivity contribution in [2.75, 3.05) is 12.0 Å². The third-order valence-corrected chi connectivity index (χ3v) is 2.52. The number of ether oxygens (including phenoxy) is 2. The first-order valence-electron chi connectivity index (χ1n) is 6.09. The fourth-order valence-electron chi connectivity index (χ4n) is 1.65. The van der Waals surface area contributed by atoms with Crippen molar-refractivity contribution in [1.82, 2.24) is 4.98 Å². The summed E-state index contributed by atoms with van der Waals surface area (Å²) >= 11 is 0. The molecule has 0 atom stereocenters. The van der Waals surface area contributed by atoms with Crippen molar-refractivity contribution >= 4 is 5.82 Å². The van der Waals surface area contributed by atoms with Crippen LogP contribution >= 0.6 is 0 Å². The molecule has 1 heterocycles. The molecule has 1 aromatic heterocycles. The van der Waals surface area contributed by atoms with Crippen LogP contribution in [0.5, 0.6) is 11.5 Å². The number of hydrazine groups is 1. The van der Waals surface area contributed by atoms with Gasteiger partial charge in [0.2, 0.25) is 0 Å². The lowest BCUT2D eigenvalue weighted by molar-refractivity contribution is 0.269. The molecule has 0 unspecified atom stereocenters. The first-order chi connectivity index (χ1) is 9.33. The average Bonchev–Trinajstić information content (AvgIpc) is 2.47. The minimum atomic E-state index is 0.432. The van der Waals surface area contributed by atoms with Crippen molar-refractivity contribution in [3.8, 4) is 11.5 Å². The first-order valence-corrected chi connectivity index (χ1v) is 6.09. The van der Waals surface area contributed by atoms with Crippen LogP contribution < -0.4 is 20.7 Å². The summed E-state index contributed by atoms with van der Waals surface area (Å²) in [5.41, 5.74) is 3.49. The summed E-state index contributed by atoms with van der Waals surface area (Å²) in [7, 11) is 0. The Hall–Kier alpha value is -2.27. The van der Waals surface area contributed by atoms with Crippen LogP contribution in [0.4, 0.5) is 5.82 Å². The smallest absolute Gasteiger partial charge is 0.161 e. The van der Waals surface area contributed by atoms with Gasteiger partial charge in [-0.25, -0.2) is 10.8 Å². The highest BCUT2D eigenvalue weighted by Gasteiger charge is 2.04. The van der Waals surface area contributed by atoms with Crippen LogP contribution in [0.15, 0.2) is 42.6 Å². The molecular formula is C14H17N3O2. The third-order valence-electron chi connectivity index (χ3n) is 2.52. The molecular weight excluding hydrogens is 242 g/mol. The van der Waals surface area contributed by atoms with E-state index in [1.54, 1.807) is 6.20 Å². The molecule has 0 radical (unpaired) electrons. The second kappa shape index (κ2) is 6.61. The number of nitrogens with one attached hydrogen (secondary N) is 1. The number of aromatic nitrogens is 1. The van der Waals surface area contributed by atoms with Gasteiger partial charge in [-0.1, -0.05) is 12.1 Å². The Bertz CT molecular complexity index is 532. The summed E-state index contributed by atoms with van der Waals surface area (Å²) < 4.78 is 11.3. The second-order valence-electron chi connectivity index (χ2n) is 3.86. The number of nitrogen functional groups attached to an aromatic ring is 1. The van der Waals surface area contributed by atoms with Gasteiger partial charge in [0.1, 0.15) is 12.4 Å². The van der Waals surface area contributed by atoms with E-state index < -0.39 is 0 Å². The number of hydrogen-bond acceptors (Lipinski definition) is 5. The predicted octanol–water partition coefficient (Wildman–Crippen LogP) is 2.34. The molecule has 0 saturated heterocycles. The Morgan fingerprint density at radius 3 is 2.58 bits per heavy atom. The van der Waals surface area contributed by atoms with Gasteiger partial charge in [-0.05, 0) is 36.8 Å². The molecule has 0 spiro atoms. The molecule has 2 rings (SSSR count). The van der Waals surface area contributed by atoms with Crippen molar-refractivity contribution < 1.29 is 9.47 Å². The maximum absolute atomic E-state index is 5.75. The SMILES string of the molecule is CCOc1ccccc1OCc1ccnc(NN)c1. The first kappa shape index (κ1) is 13.2. The molecule has 5 nitrogen and oxygen atoms in total. The van der Waals surface area contributed by atoms with Crippen molar-refractivity contribution in [3.63, 3.8) is 0 Å². The zero-order chi connectivity index (χ0) is 13.5. The van der Waals surface area contributed by atoms with Gasteiger partial charge in [0.25, 0.3) is 0 Å². The van der Waals surface area contributed by atoms with Gasteiger partial charge >= 0.3 is 0 Å². The topological polar surface area (TPSA) is 69.4 Å². The molecule has 0 fully saturated rings. The molecule has 0 aliphatic carbocycles. The molecule has 3 N–H and O–H groups in total. The maximum atomic E-state index is 5.75. The summed E-state index contributed by atoms with van der Waals surface area (Å²) in [6, 6.07) is 11.3. The van der Waals surface area contributed by atoms with E-state index in [-0.39, 0.29) is 0 Å². The summed E-state index contributed by atoms with van der Waals surface area (Å²) in [4.78, 5) is 4.04. The summed E-state index contributed by atoms with van der Waals surface area (Å²) in [5.74, 6) is 7.40. The highest BCUT2D eigenvalue weighted by Crippen LogP contribution is 2.27. The number of hydrogen-bond donors (Lipinski definition) is 2. The van der Waals surface area contributed by atoms with Crippen LogP contribution in [0.2, 0.25) is 0 Å². The van der Waals surface area contributed by atoms with E-state index >= 15 is 0 Å². The van der Waals surface area contributed by atoms with E-state index in [9.17, 15) is 0 Å². The number of rotatable bonds is 6. The average molecular weight is 259 g/mol. The van der Waals surface area contributed by atoms with Gasteiger partial charge in [-0.3, -0.25) is 0 Å². The largest absolute Gasteiger partial charge is 0.490 e. The van der Waals surface area contributed by atoms with Crippen molar-refractivity contribution in [1.29, 1.82) is 0 Å². The number of nitrogens with zero attached hydrogens (tertiary/aromatic N) is 1. The molecule has 0 saturated carbocycles. The third kappa shape index (κ3) is 3.59. The van der Waals surface area contributed by atoms with E-state index in [4.69, 9.17) is 15.3 Å². The van der Waals surface area contributed by atoms with E-state index in [2.05, 4.69) is 10.4 Å². The minimum absolute atomic E-state index is 0.432. The Morgan fingerprint density at radius 1 is 1.16 bits per heavy atom. The van der Waals surface area contributed by atoms with E-state index in [0.717, 1.165) is 17.1 Å². The minimum Gasteiger partial charge on any atom is -0.490 e. The molecule has 0 bridgehead atoms. The van der Waals surface area contributed by atoms with Gasteiger partial charge < -0.3 is 14.9 Å². The molecule has 0 aliphatic heterocycles. The highest BCUT2D eigenvalue weighted by molar-refractivity contribution is 5.40. The van der Waals surface area contributed by atoms with Gasteiger partial charge in [0.05, 0.1) is 6.61 Å². The lowest BCUT2D eigenvalue weighted by Crippen LogP contribution is -2.09. The Morgan fingerprint density at radius 2 is 1.89 bits per heavy atom. The van der Waals surface area contributed by atoms with Crippen LogP contribution in [-0.4, -0.2) is 11.6 Å². The standard InChI is InChI=1S/C14H17N3O2/c1-2-18-12-5-3-4-6-13(12)19-10-11-7-8-16-14(9-11)17-15/h3-9H,2,10,15H2,1H3,(H,16,17). The number of pyridine rings is 1. The van der Waals surface area contributed by atoms with E-state index in [1.807, 2.05) is 43.3 Å². The molecule has 5 heteroatoms. The van der Waals surface area contributed by atoms with Gasteiger partial charge in [0, 0.05) is 6.20 Å². The Balaban J connectivity index is 2.05. The van der Waals surface area contributed by atoms with Crippen LogP contribution in [0.3, 0.4) is 0 Å². The molecule has 1 aromatic carbocycles. The van der Waals surface area contributed by atoms with Gasteiger partial charge in [-0.2, -0.15) is 0 Å². The zero-order valence-corrected chi connectivity index (χ0v) is 10.8. The lowest BCUT2D eigenvalue weighted by atomic mass is 10.2. The highest BCUT2D eigenvalue weighted by atomic mass is 16.5. The van der Waals surface area contributed by atoms with Gasteiger partial charge in [-0.15, -0.1) is 0 Å². The molecule has 19 heavy (non-hydrogen) atoms. The van der Waals surface area contributed by atoms with Crippen LogP contribution in [0, 0.1) is 0 Å². The van der Waals surface area contributed by atoms with Crippen molar-refractivity contribution in [2.45, 2.75) is 13.5 Å². The lowest BCUT2D eigenvalue weighted by Gasteiger charge is -2.11. The molecule has 100 valence electrons. The maximum Gasteiger partial charge on any atom is 0.161 e. The fourth-order valence-corrected chi connectivity index (χ4v) is 1.65. The summed E-state index contributed by atoms with van der Waals surface area (Å²) in [5, 5.41) is 0. The van der Waals surface area contributed by atoms with Crippen molar-refractivity contribution in [2.24, 2.45) is 5.84 Å². The normalized spacial score (nSPS) is 10.0. The van der Waals surface area contributed by atoms with Gasteiger partial charge in [0.15, 0.2) is 11.5 Å². The fraction of sp³-hybridized carbons (Fsp3) is 0.214.